The smallest absolute Gasteiger partial charge is 0.190 e. The van der Waals surface area contributed by atoms with E-state index in [0.717, 1.165) is 5.56 Å². The van der Waals surface area contributed by atoms with E-state index >= 15 is 0 Å². The number of aromatic hydroxyl groups is 1. The molecule has 0 aliphatic carbocycles. The lowest BCUT2D eigenvalue weighted by molar-refractivity contribution is 0.456. The van der Waals surface area contributed by atoms with Crippen LogP contribution in [-0.2, 0) is 11.1 Å². The van der Waals surface area contributed by atoms with E-state index in [9.17, 15) is 4.21 Å². The van der Waals surface area contributed by atoms with Crippen LogP contribution in [0.15, 0.2) is 23.1 Å². The van der Waals surface area contributed by atoms with Crippen molar-refractivity contribution in [3.63, 3.8) is 0 Å². The molecule has 3 nitrogen and oxygen atoms in total. The molecule has 1 aromatic carbocycles. The Morgan fingerprint density at radius 3 is 2.55 bits per heavy atom. The summed E-state index contributed by atoms with van der Waals surface area (Å²) < 4.78 is 19.2. The Bertz CT molecular complexity index is 296. The van der Waals surface area contributed by atoms with E-state index in [1.807, 2.05) is 0 Å². The monoisotopic (exact) mass is 172 g/mol. The molecule has 0 fully saturated rings. The molecule has 1 aromatic rings. The molecule has 0 heterocycles. The molecule has 0 bridgehead atoms. The fraction of sp³-hybridized carbons (Fsp3) is 0.143. The van der Waals surface area contributed by atoms with Crippen molar-refractivity contribution < 1.29 is 13.9 Å². The molecule has 11 heavy (non-hydrogen) atoms. The lowest BCUT2D eigenvalue weighted by atomic mass is 10.2. The van der Waals surface area contributed by atoms with Gasteiger partial charge >= 0.3 is 0 Å². The number of rotatable bonds is 1. The number of hydrogen-bond acceptors (Lipinski definition) is 2. The summed E-state index contributed by atoms with van der Waals surface area (Å²) in [5.41, 5.74) is 0.847. The molecule has 0 aliphatic rings. The zero-order chi connectivity index (χ0) is 8.43. The minimum absolute atomic E-state index is 0.0602. The van der Waals surface area contributed by atoms with Crippen molar-refractivity contribution >= 4 is 11.1 Å². The van der Waals surface area contributed by atoms with Crippen LogP contribution in [0.3, 0.4) is 0 Å². The average Bonchev–Trinajstić information content (AvgIpc) is 1.94. The molecule has 4 heteroatoms. The largest absolute Gasteiger partial charge is 0.507 e. The van der Waals surface area contributed by atoms with Crippen LogP contribution in [0.4, 0.5) is 0 Å². The van der Waals surface area contributed by atoms with Gasteiger partial charge < -0.3 is 9.66 Å². The van der Waals surface area contributed by atoms with Crippen molar-refractivity contribution in [3.05, 3.63) is 23.8 Å². The topological polar surface area (TPSA) is 57.5 Å². The second-order valence-corrected chi connectivity index (χ2v) is 3.16. The normalized spacial score (nSPS) is 12.9. The van der Waals surface area contributed by atoms with E-state index in [2.05, 4.69) is 0 Å². The Morgan fingerprint density at radius 1 is 1.45 bits per heavy atom. The first-order valence-corrected chi connectivity index (χ1v) is 4.12. The Balaban J connectivity index is 3.23. The molecule has 0 aliphatic heterocycles. The molecule has 0 saturated carbocycles. The highest BCUT2D eigenvalue weighted by Gasteiger charge is 2.05. The van der Waals surface area contributed by atoms with Crippen molar-refractivity contribution in [1.29, 1.82) is 0 Å². The van der Waals surface area contributed by atoms with E-state index in [0.29, 0.717) is 0 Å². The van der Waals surface area contributed by atoms with Gasteiger partial charge in [-0.1, -0.05) is 6.07 Å². The third-order valence-corrected chi connectivity index (χ3v) is 2.01. The van der Waals surface area contributed by atoms with Crippen molar-refractivity contribution in [1.82, 2.24) is 0 Å². The lowest BCUT2D eigenvalue weighted by Gasteiger charge is -1.99. The summed E-state index contributed by atoms with van der Waals surface area (Å²) in [6.45, 7) is 1.79. The Morgan fingerprint density at radius 2 is 2.09 bits per heavy atom. The van der Waals surface area contributed by atoms with Gasteiger partial charge in [0.1, 0.15) is 10.6 Å². The Kier molecular flexibility index (Phi) is 2.26. The molecule has 0 saturated heterocycles. The number of aryl methyl sites for hydroxylation is 1. The van der Waals surface area contributed by atoms with Gasteiger partial charge in [0.15, 0.2) is 11.1 Å². The van der Waals surface area contributed by atoms with Crippen molar-refractivity contribution in [2.75, 3.05) is 0 Å². The van der Waals surface area contributed by atoms with Crippen LogP contribution < -0.4 is 0 Å². The fourth-order valence-corrected chi connectivity index (χ4v) is 1.29. The van der Waals surface area contributed by atoms with Gasteiger partial charge in [0, 0.05) is 0 Å². The summed E-state index contributed by atoms with van der Waals surface area (Å²) in [5, 5.41) is 9.05. The van der Waals surface area contributed by atoms with E-state index < -0.39 is 11.1 Å². The van der Waals surface area contributed by atoms with Crippen molar-refractivity contribution in [2.45, 2.75) is 11.8 Å². The highest BCUT2D eigenvalue weighted by molar-refractivity contribution is 7.79. The maximum absolute atomic E-state index is 10.5. The lowest BCUT2D eigenvalue weighted by Crippen LogP contribution is -1.89. The van der Waals surface area contributed by atoms with Crippen LogP contribution in [0.25, 0.3) is 0 Å². The van der Waals surface area contributed by atoms with Crippen molar-refractivity contribution in [3.8, 4) is 5.75 Å². The quantitative estimate of drug-likeness (QED) is 0.627. The molecule has 0 aromatic heterocycles. The Labute approximate surface area is 67.0 Å². The molecule has 1 rings (SSSR count). The highest BCUT2D eigenvalue weighted by atomic mass is 32.2. The molecule has 2 N–H and O–H groups in total. The zero-order valence-electron chi connectivity index (χ0n) is 5.94. The standard InChI is InChI=1S/C7H8O3S/c1-5-2-3-6(8)7(4-5)11(9)10/h2-4,8H,1H3,(H,9,10). The zero-order valence-corrected chi connectivity index (χ0v) is 6.76. The predicted molar refractivity (Wildman–Crippen MR) is 41.9 cm³/mol. The summed E-state index contributed by atoms with van der Waals surface area (Å²) in [5.74, 6) is -0.142. The first kappa shape index (κ1) is 8.23. The number of benzene rings is 1. The van der Waals surface area contributed by atoms with E-state index in [1.54, 1.807) is 13.0 Å². The van der Waals surface area contributed by atoms with Crippen LogP contribution in [0, 0.1) is 6.92 Å². The summed E-state index contributed by atoms with van der Waals surface area (Å²) >= 11 is -2.10. The van der Waals surface area contributed by atoms with Gasteiger partial charge in [0.25, 0.3) is 0 Å². The maximum Gasteiger partial charge on any atom is 0.190 e. The van der Waals surface area contributed by atoms with Crippen LogP contribution >= 0.6 is 0 Å². The molecular weight excluding hydrogens is 164 g/mol. The number of phenols is 1. The SMILES string of the molecule is Cc1ccc(O)c(S(=O)O)c1. The third kappa shape index (κ3) is 1.78. The van der Waals surface area contributed by atoms with Gasteiger partial charge in [-0.2, -0.15) is 0 Å². The van der Waals surface area contributed by atoms with Crippen LogP contribution in [-0.4, -0.2) is 13.9 Å². The molecule has 0 spiro atoms. The average molecular weight is 172 g/mol. The molecule has 1 atom stereocenters. The van der Waals surface area contributed by atoms with Gasteiger partial charge in [0.2, 0.25) is 0 Å². The van der Waals surface area contributed by atoms with Crippen LogP contribution in [0.2, 0.25) is 0 Å². The summed E-state index contributed by atoms with van der Waals surface area (Å²) in [4.78, 5) is 0.0602. The fourth-order valence-electron chi connectivity index (χ4n) is 0.761. The van der Waals surface area contributed by atoms with Crippen LogP contribution in [0.1, 0.15) is 5.56 Å². The first-order valence-electron chi connectivity index (χ1n) is 3.02. The predicted octanol–water partition coefficient (Wildman–Crippen LogP) is 1.28. The summed E-state index contributed by atoms with van der Waals surface area (Å²) in [6.07, 6.45) is 0. The van der Waals surface area contributed by atoms with E-state index in [1.165, 1.54) is 12.1 Å². The minimum atomic E-state index is -2.10. The van der Waals surface area contributed by atoms with Gasteiger partial charge in [0.05, 0.1) is 0 Å². The summed E-state index contributed by atoms with van der Waals surface area (Å²) in [6, 6.07) is 4.55. The molecule has 1 unspecified atom stereocenters. The van der Waals surface area contributed by atoms with Gasteiger partial charge in [-0.05, 0) is 24.6 Å². The van der Waals surface area contributed by atoms with E-state index in [4.69, 9.17) is 9.66 Å². The highest BCUT2D eigenvalue weighted by Crippen LogP contribution is 2.20. The van der Waals surface area contributed by atoms with Gasteiger partial charge in [-0.25, -0.2) is 4.21 Å². The first-order chi connectivity index (χ1) is 5.11. The summed E-state index contributed by atoms with van der Waals surface area (Å²) in [7, 11) is 0. The van der Waals surface area contributed by atoms with Crippen molar-refractivity contribution in [2.24, 2.45) is 0 Å². The van der Waals surface area contributed by atoms with Gasteiger partial charge in [-0.15, -0.1) is 0 Å². The molecule has 0 radical (unpaired) electrons. The molecular formula is C7H8O3S. The second kappa shape index (κ2) is 3.02. The maximum atomic E-state index is 10.5. The third-order valence-electron chi connectivity index (χ3n) is 1.30. The number of phenolic OH excluding ortho intramolecular Hbond substituents is 1. The van der Waals surface area contributed by atoms with Gasteiger partial charge in [-0.3, -0.25) is 0 Å². The molecule has 60 valence electrons. The van der Waals surface area contributed by atoms with Crippen LogP contribution in [0.5, 0.6) is 5.75 Å². The van der Waals surface area contributed by atoms with E-state index in [-0.39, 0.29) is 10.6 Å². The number of hydrogen-bond donors (Lipinski definition) is 2. The molecule has 0 amide bonds. The minimum Gasteiger partial charge on any atom is -0.507 e. The second-order valence-electron chi connectivity index (χ2n) is 2.22. The Hall–Kier alpha value is -0.870.